The first-order chi connectivity index (χ1) is 18.1. The number of hydrogen-bond acceptors (Lipinski definition) is 4. The molecule has 4 aromatic rings. The molecule has 0 heterocycles. The Balaban J connectivity index is 1.67. The molecule has 0 radical (unpaired) electrons. The summed E-state index contributed by atoms with van der Waals surface area (Å²) in [7, 11) is 4.99. The zero-order valence-corrected chi connectivity index (χ0v) is 20.9. The third-order valence-electron chi connectivity index (χ3n) is 7.28. The number of ketones is 1. The van der Waals surface area contributed by atoms with E-state index in [9.17, 15) is 4.79 Å². The molecule has 0 aromatic heterocycles. The average Bonchev–Trinajstić information content (AvgIpc) is 3.46. The van der Waals surface area contributed by atoms with Crippen LogP contribution in [0, 0.1) is 0 Å². The summed E-state index contributed by atoms with van der Waals surface area (Å²) in [6.07, 6.45) is 0. The van der Waals surface area contributed by atoms with Crippen molar-refractivity contribution in [2.24, 2.45) is 0 Å². The molecule has 0 spiro atoms. The summed E-state index contributed by atoms with van der Waals surface area (Å²) in [4.78, 5) is 14.0. The van der Waals surface area contributed by atoms with E-state index in [-0.39, 0.29) is 11.7 Å². The number of Topliss-reactive ketones (excluding diaryl/α,β-unsaturated/α-hetero) is 1. The van der Waals surface area contributed by atoms with Gasteiger partial charge in [-0.15, -0.1) is 0 Å². The summed E-state index contributed by atoms with van der Waals surface area (Å²) in [6, 6.07) is 32.1. The fourth-order valence-corrected chi connectivity index (χ4v) is 5.54. The van der Waals surface area contributed by atoms with Crippen LogP contribution in [0.4, 0.5) is 0 Å². The van der Waals surface area contributed by atoms with Gasteiger partial charge in [0.2, 0.25) is 0 Å². The number of ether oxygens (including phenoxy) is 3. The second-order valence-electron chi connectivity index (χ2n) is 9.12. The molecule has 2 aliphatic carbocycles. The van der Waals surface area contributed by atoms with Gasteiger partial charge in [-0.05, 0) is 75.4 Å². The van der Waals surface area contributed by atoms with Crippen molar-refractivity contribution in [3.63, 3.8) is 0 Å². The molecular weight excluding hydrogens is 460 g/mol. The monoisotopic (exact) mass is 486 g/mol. The van der Waals surface area contributed by atoms with E-state index >= 15 is 0 Å². The molecule has 6 rings (SSSR count). The van der Waals surface area contributed by atoms with Crippen molar-refractivity contribution in [3.8, 4) is 17.2 Å². The Kier molecular flexibility index (Phi) is 5.65. The standard InChI is InChI=1S/C33H26O4/c1-35-23-14-8-20(9-15-23)28-29(21-10-16-24(36-2)17-11-21)31-26-6-4-5-7-27(26)33(34)32(31)30(28)22-12-18-25(37-3)19-13-22/h4-19,30H,1-3H3. The molecule has 2 aliphatic rings. The van der Waals surface area contributed by atoms with Gasteiger partial charge in [-0.3, -0.25) is 4.79 Å². The molecule has 182 valence electrons. The summed E-state index contributed by atoms with van der Waals surface area (Å²) in [5.41, 5.74) is 8.88. The van der Waals surface area contributed by atoms with E-state index in [1.807, 2.05) is 54.6 Å². The Morgan fingerprint density at radius 3 is 1.54 bits per heavy atom. The fourth-order valence-electron chi connectivity index (χ4n) is 5.54. The highest BCUT2D eigenvalue weighted by Crippen LogP contribution is 2.59. The minimum Gasteiger partial charge on any atom is -0.497 e. The molecular formula is C33H26O4. The number of methoxy groups -OCH3 is 3. The first kappa shape index (κ1) is 22.9. The third-order valence-corrected chi connectivity index (χ3v) is 7.28. The van der Waals surface area contributed by atoms with Gasteiger partial charge in [0.25, 0.3) is 0 Å². The lowest BCUT2D eigenvalue weighted by Crippen LogP contribution is -2.10. The molecule has 0 aliphatic heterocycles. The van der Waals surface area contributed by atoms with Gasteiger partial charge in [0.1, 0.15) is 17.2 Å². The van der Waals surface area contributed by atoms with Crippen LogP contribution in [0.25, 0.3) is 16.7 Å². The van der Waals surface area contributed by atoms with Crippen molar-refractivity contribution in [2.75, 3.05) is 21.3 Å². The van der Waals surface area contributed by atoms with Crippen LogP contribution in [-0.2, 0) is 0 Å². The maximum atomic E-state index is 14.0. The van der Waals surface area contributed by atoms with Crippen molar-refractivity contribution >= 4 is 22.5 Å². The van der Waals surface area contributed by atoms with Crippen LogP contribution in [0.3, 0.4) is 0 Å². The molecule has 0 saturated carbocycles. The van der Waals surface area contributed by atoms with Gasteiger partial charge in [-0.1, -0.05) is 60.7 Å². The Morgan fingerprint density at radius 2 is 1.00 bits per heavy atom. The highest BCUT2D eigenvalue weighted by molar-refractivity contribution is 6.36. The zero-order valence-electron chi connectivity index (χ0n) is 20.9. The Bertz CT molecular complexity index is 1560. The topological polar surface area (TPSA) is 44.8 Å². The SMILES string of the molecule is COc1ccc(C2=C(c3ccc(OC)cc3)C(c3ccc(OC)cc3)C3=C2c2ccccc2C3=O)cc1. The molecule has 0 amide bonds. The van der Waals surface area contributed by atoms with Crippen molar-refractivity contribution in [2.45, 2.75) is 5.92 Å². The number of fused-ring (bicyclic) bond motifs is 2. The molecule has 37 heavy (non-hydrogen) atoms. The maximum absolute atomic E-state index is 14.0. The average molecular weight is 487 g/mol. The quantitative estimate of drug-likeness (QED) is 0.292. The lowest BCUT2D eigenvalue weighted by molar-refractivity contribution is 0.103. The summed E-state index contributed by atoms with van der Waals surface area (Å²) >= 11 is 0. The second-order valence-corrected chi connectivity index (χ2v) is 9.12. The van der Waals surface area contributed by atoms with Gasteiger partial charge in [0, 0.05) is 17.1 Å². The second kappa shape index (κ2) is 9.14. The van der Waals surface area contributed by atoms with E-state index in [1.165, 1.54) is 0 Å². The molecule has 1 atom stereocenters. The van der Waals surface area contributed by atoms with Crippen LogP contribution >= 0.6 is 0 Å². The predicted octanol–water partition coefficient (Wildman–Crippen LogP) is 7.07. The molecule has 4 aromatic carbocycles. The molecule has 4 heteroatoms. The van der Waals surface area contributed by atoms with Gasteiger partial charge in [0.05, 0.1) is 21.3 Å². The summed E-state index contributed by atoms with van der Waals surface area (Å²) in [5, 5.41) is 0. The smallest absolute Gasteiger partial charge is 0.191 e. The van der Waals surface area contributed by atoms with Gasteiger partial charge < -0.3 is 14.2 Å². The first-order valence-electron chi connectivity index (χ1n) is 12.2. The summed E-state index contributed by atoms with van der Waals surface area (Å²) in [5.74, 6) is 2.21. The number of allylic oxidation sites excluding steroid dienone is 4. The van der Waals surface area contributed by atoms with Crippen molar-refractivity contribution < 1.29 is 19.0 Å². The lowest BCUT2D eigenvalue weighted by atomic mass is 9.81. The number of carbonyl (C=O) groups is 1. The van der Waals surface area contributed by atoms with E-state index < -0.39 is 0 Å². The van der Waals surface area contributed by atoms with Crippen LogP contribution in [-0.4, -0.2) is 27.1 Å². The van der Waals surface area contributed by atoms with E-state index in [0.29, 0.717) is 0 Å². The van der Waals surface area contributed by atoms with E-state index in [4.69, 9.17) is 14.2 Å². The lowest BCUT2D eigenvalue weighted by Gasteiger charge is -2.22. The predicted molar refractivity (Wildman–Crippen MR) is 146 cm³/mol. The van der Waals surface area contributed by atoms with Crippen LogP contribution < -0.4 is 14.2 Å². The van der Waals surface area contributed by atoms with Crippen LogP contribution in [0.5, 0.6) is 17.2 Å². The summed E-state index contributed by atoms with van der Waals surface area (Å²) < 4.78 is 16.3. The Labute approximate surface area is 216 Å². The van der Waals surface area contributed by atoms with Gasteiger partial charge in [-0.2, -0.15) is 0 Å². The van der Waals surface area contributed by atoms with Crippen molar-refractivity contribution in [3.05, 3.63) is 130 Å². The first-order valence-corrected chi connectivity index (χ1v) is 12.2. The van der Waals surface area contributed by atoms with E-state index in [1.54, 1.807) is 21.3 Å². The molecule has 0 bridgehead atoms. The number of hydrogen-bond donors (Lipinski definition) is 0. The Morgan fingerprint density at radius 1 is 0.514 bits per heavy atom. The van der Waals surface area contributed by atoms with Gasteiger partial charge in [0.15, 0.2) is 5.78 Å². The highest BCUT2D eigenvalue weighted by atomic mass is 16.5. The van der Waals surface area contributed by atoms with Crippen molar-refractivity contribution in [1.82, 2.24) is 0 Å². The molecule has 0 saturated heterocycles. The fraction of sp³-hybridized carbons (Fsp3) is 0.121. The van der Waals surface area contributed by atoms with Crippen LogP contribution in [0.1, 0.15) is 38.5 Å². The number of benzene rings is 4. The van der Waals surface area contributed by atoms with Gasteiger partial charge in [-0.25, -0.2) is 0 Å². The molecule has 1 unspecified atom stereocenters. The van der Waals surface area contributed by atoms with Crippen LogP contribution in [0.2, 0.25) is 0 Å². The highest BCUT2D eigenvalue weighted by Gasteiger charge is 2.44. The zero-order chi connectivity index (χ0) is 25.5. The Hall–Kier alpha value is -4.57. The number of carbonyl (C=O) groups excluding carboxylic acids is 1. The minimum absolute atomic E-state index is 0.0842. The molecule has 0 fully saturated rings. The molecule has 0 N–H and O–H groups in total. The maximum Gasteiger partial charge on any atom is 0.191 e. The van der Waals surface area contributed by atoms with Crippen molar-refractivity contribution in [1.29, 1.82) is 0 Å². The van der Waals surface area contributed by atoms with Crippen LogP contribution in [0.15, 0.2) is 103 Å². The normalized spacial score (nSPS) is 16.1. The van der Waals surface area contributed by atoms with E-state index in [2.05, 4.69) is 42.5 Å². The van der Waals surface area contributed by atoms with Gasteiger partial charge >= 0.3 is 0 Å². The summed E-state index contributed by atoms with van der Waals surface area (Å²) in [6.45, 7) is 0. The molecule has 4 nitrogen and oxygen atoms in total. The number of rotatable bonds is 6. The third kappa shape index (κ3) is 3.64. The largest absolute Gasteiger partial charge is 0.497 e. The van der Waals surface area contributed by atoms with E-state index in [0.717, 1.165) is 67.4 Å². The minimum atomic E-state index is -0.230.